The minimum absolute atomic E-state index is 0. The normalized spacial score (nSPS) is 16.1. The topological polar surface area (TPSA) is 82.8 Å². The second-order valence-electron chi connectivity index (χ2n) is 6.06. The number of hydrogen-bond donors (Lipinski definition) is 2. The van der Waals surface area contributed by atoms with E-state index in [4.69, 9.17) is 19.9 Å². The zero-order chi connectivity index (χ0) is 17.4. The number of nitrogens with one attached hydrogen (secondary N) is 1. The summed E-state index contributed by atoms with van der Waals surface area (Å²) in [5.41, 5.74) is 8.20. The molecule has 0 spiro atoms. The highest BCUT2D eigenvalue weighted by atomic mass is 35.5. The molecule has 0 aliphatic carbocycles. The van der Waals surface area contributed by atoms with Crippen LogP contribution in [0.5, 0.6) is 0 Å². The van der Waals surface area contributed by atoms with E-state index in [1.54, 1.807) is 0 Å². The Hall–Kier alpha value is -1.18. The van der Waals surface area contributed by atoms with Crippen molar-refractivity contribution in [3.05, 3.63) is 29.3 Å². The van der Waals surface area contributed by atoms with Gasteiger partial charge in [-0.1, -0.05) is 12.1 Å². The zero-order valence-electron chi connectivity index (χ0n) is 15.0. The Labute approximate surface area is 155 Å². The largest absolute Gasteiger partial charge is 0.381 e. The van der Waals surface area contributed by atoms with Gasteiger partial charge in [-0.25, -0.2) is 0 Å². The van der Waals surface area contributed by atoms with E-state index in [2.05, 4.69) is 5.32 Å². The van der Waals surface area contributed by atoms with Gasteiger partial charge in [0.1, 0.15) is 5.54 Å². The fraction of sp³-hybridized carbons (Fsp3) is 0.611. The molecule has 1 fully saturated rings. The van der Waals surface area contributed by atoms with Crippen LogP contribution in [-0.2, 0) is 25.6 Å². The van der Waals surface area contributed by atoms with Gasteiger partial charge in [0.15, 0.2) is 0 Å². The summed E-state index contributed by atoms with van der Waals surface area (Å²) in [4.78, 5) is 12.5. The summed E-state index contributed by atoms with van der Waals surface area (Å²) in [5, 5.41) is 2.97. The smallest absolute Gasteiger partial charge is 0.244 e. The third kappa shape index (κ3) is 6.24. The Morgan fingerprint density at radius 1 is 1.28 bits per heavy atom. The lowest BCUT2D eigenvalue weighted by molar-refractivity contribution is -0.124. The molecule has 142 valence electrons. The second kappa shape index (κ2) is 10.7. The lowest BCUT2D eigenvalue weighted by Gasteiger charge is -2.32. The molecule has 0 radical (unpaired) electrons. The van der Waals surface area contributed by atoms with E-state index in [0.29, 0.717) is 52.5 Å². The Morgan fingerprint density at radius 2 is 1.96 bits per heavy atom. The molecule has 7 heteroatoms. The molecular formula is C18H29ClN2O4. The van der Waals surface area contributed by atoms with E-state index in [1.165, 1.54) is 0 Å². The summed E-state index contributed by atoms with van der Waals surface area (Å²) < 4.78 is 16.2. The van der Waals surface area contributed by atoms with E-state index < -0.39 is 5.54 Å². The van der Waals surface area contributed by atoms with E-state index in [-0.39, 0.29) is 18.3 Å². The van der Waals surface area contributed by atoms with Crippen molar-refractivity contribution in [2.45, 2.75) is 38.8 Å². The first-order valence-corrected chi connectivity index (χ1v) is 8.49. The van der Waals surface area contributed by atoms with E-state index >= 15 is 0 Å². The highest BCUT2D eigenvalue weighted by Crippen LogP contribution is 2.24. The average molecular weight is 373 g/mol. The maximum Gasteiger partial charge on any atom is 0.244 e. The predicted molar refractivity (Wildman–Crippen MR) is 100 cm³/mol. The Morgan fingerprint density at radius 3 is 2.64 bits per heavy atom. The van der Waals surface area contributed by atoms with Gasteiger partial charge < -0.3 is 25.3 Å². The van der Waals surface area contributed by atoms with Crippen molar-refractivity contribution >= 4 is 24.0 Å². The van der Waals surface area contributed by atoms with E-state index in [9.17, 15) is 4.79 Å². The number of nitrogens with two attached hydrogens (primary N) is 1. The first kappa shape index (κ1) is 21.9. The van der Waals surface area contributed by atoms with Crippen LogP contribution in [0.25, 0.3) is 0 Å². The van der Waals surface area contributed by atoms with Gasteiger partial charge >= 0.3 is 0 Å². The van der Waals surface area contributed by atoms with Crippen molar-refractivity contribution in [2.75, 3.05) is 38.4 Å². The third-order valence-electron chi connectivity index (χ3n) is 4.37. The van der Waals surface area contributed by atoms with Crippen molar-refractivity contribution in [3.8, 4) is 0 Å². The average Bonchev–Trinajstić information content (AvgIpc) is 2.58. The summed E-state index contributed by atoms with van der Waals surface area (Å²) in [6, 6.07) is 5.80. The number of anilines is 1. The number of amides is 1. The third-order valence-corrected chi connectivity index (χ3v) is 4.37. The quantitative estimate of drug-likeness (QED) is 0.685. The summed E-state index contributed by atoms with van der Waals surface area (Å²) in [7, 11) is 0. The van der Waals surface area contributed by atoms with Crippen LogP contribution in [0.1, 0.15) is 30.9 Å². The number of carbonyl (C=O) groups is 1. The fourth-order valence-electron chi connectivity index (χ4n) is 2.63. The number of halogens is 1. The van der Waals surface area contributed by atoms with Gasteiger partial charge in [-0.3, -0.25) is 4.79 Å². The molecule has 1 saturated heterocycles. The molecular weight excluding hydrogens is 344 g/mol. The van der Waals surface area contributed by atoms with Crippen molar-refractivity contribution in [2.24, 2.45) is 5.73 Å². The van der Waals surface area contributed by atoms with E-state index in [1.807, 2.05) is 32.0 Å². The van der Waals surface area contributed by atoms with Gasteiger partial charge in [-0.05, 0) is 43.9 Å². The molecule has 1 heterocycles. The van der Waals surface area contributed by atoms with Crippen LogP contribution < -0.4 is 11.1 Å². The minimum Gasteiger partial charge on any atom is -0.381 e. The first-order valence-electron chi connectivity index (χ1n) is 8.49. The van der Waals surface area contributed by atoms with Crippen LogP contribution in [0.4, 0.5) is 5.69 Å². The predicted octanol–water partition coefficient (Wildman–Crippen LogP) is 2.42. The maximum atomic E-state index is 12.5. The standard InChI is InChI=1S/C18H28N2O4.ClH/c1-3-22-11-12-24-13-15-5-4-6-16(14(15)2)20-17(21)18(19)7-9-23-10-8-18;/h4-6H,3,7-13,19H2,1-2H3,(H,20,21);1H. The maximum absolute atomic E-state index is 12.5. The number of carbonyl (C=O) groups excluding carboxylic acids is 1. The fourth-order valence-corrected chi connectivity index (χ4v) is 2.63. The highest BCUT2D eigenvalue weighted by Gasteiger charge is 2.36. The van der Waals surface area contributed by atoms with Crippen molar-refractivity contribution < 1.29 is 19.0 Å². The molecule has 3 N–H and O–H groups in total. The lowest BCUT2D eigenvalue weighted by Crippen LogP contribution is -2.54. The van der Waals surface area contributed by atoms with Crippen LogP contribution >= 0.6 is 12.4 Å². The van der Waals surface area contributed by atoms with Crippen molar-refractivity contribution in [1.82, 2.24) is 0 Å². The molecule has 2 rings (SSSR count). The second-order valence-corrected chi connectivity index (χ2v) is 6.06. The van der Waals surface area contributed by atoms with Gasteiger partial charge in [0.05, 0.1) is 19.8 Å². The SMILES string of the molecule is CCOCCOCc1cccc(NC(=O)C2(N)CCOCC2)c1C.Cl. The number of hydrogen-bond acceptors (Lipinski definition) is 5. The Bertz CT molecular complexity index is 548. The first-order chi connectivity index (χ1) is 11.6. The van der Waals surface area contributed by atoms with Crippen LogP contribution in [-0.4, -0.2) is 44.5 Å². The Balaban J connectivity index is 0.00000312. The summed E-state index contributed by atoms with van der Waals surface area (Å²) in [5.74, 6) is -0.150. The highest BCUT2D eigenvalue weighted by molar-refractivity contribution is 5.98. The monoisotopic (exact) mass is 372 g/mol. The molecule has 1 aromatic carbocycles. The van der Waals surface area contributed by atoms with Crippen molar-refractivity contribution in [3.63, 3.8) is 0 Å². The van der Waals surface area contributed by atoms with Gasteiger partial charge in [-0.2, -0.15) is 0 Å². The number of rotatable bonds is 8. The van der Waals surface area contributed by atoms with E-state index in [0.717, 1.165) is 16.8 Å². The number of benzene rings is 1. The molecule has 1 aromatic rings. The molecule has 1 amide bonds. The molecule has 1 aliphatic rings. The zero-order valence-corrected chi connectivity index (χ0v) is 15.8. The van der Waals surface area contributed by atoms with Crippen molar-refractivity contribution in [1.29, 1.82) is 0 Å². The molecule has 6 nitrogen and oxygen atoms in total. The van der Waals surface area contributed by atoms with Gasteiger partial charge in [0.2, 0.25) is 5.91 Å². The molecule has 1 aliphatic heterocycles. The summed E-state index contributed by atoms with van der Waals surface area (Å²) in [6.07, 6.45) is 1.08. The lowest BCUT2D eigenvalue weighted by atomic mass is 9.90. The molecule has 0 bridgehead atoms. The minimum atomic E-state index is -0.852. The molecule has 0 unspecified atom stereocenters. The van der Waals surface area contributed by atoms with Crippen LogP contribution in [0.2, 0.25) is 0 Å². The number of ether oxygens (including phenoxy) is 3. The Kier molecular flexibility index (Phi) is 9.38. The summed E-state index contributed by atoms with van der Waals surface area (Å²) >= 11 is 0. The van der Waals surface area contributed by atoms with Gasteiger partial charge in [-0.15, -0.1) is 12.4 Å². The molecule has 0 saturated carbocycles. The molecule has 0 atom stereocenters. The van der Waals surface area contributed by atoms with Crippen LogP contribution in [0.15, 0.2) is 18.2 Å². The van der Waals surface area contributed by atoms with Crippen LogP contribution in [0, 0.1) is 6.92 Å². The summed E-state index contributed by atoms with van der Waals surface area (Å²) in [6.45, 7) is 7.30. The molecule has 25 heavy (non-hydrogen) atoms. The van der Waals surface area contributed by atoms with Gasteiger partial charge in [0.25, 0.3) is 0 Å². The van der Waals surface area contributed by atoms with Crippen LogP contribution in [0.3, 0.4) is 0 Å². The van der Waals surface area contributed by atoms with Gasteiger partial charge in [0, 0.05) is 25.5 Å². The molecule has 0 aromatic heterocycles.